The fraction of sp³-hybridized carbons (Fsp3) is 0.438. The van der Waals surface area contributed by atoms with Crippen LogP contribution in [0.15, 0.2) is 30.0 Å². The van der Waals surface area contributed by atoms with Gasteiger partial charge in [0.15, 0.2) is 5.78 Å². The third-order valence-corrected chi connectivity index (χ3v) is 4.45. The third kappa shape index (κ3) is 1.61. The van der Waals surface area contributed by atoms with Crippen molar-refractivity contribution in [1.82, 2.24) is 4.90 Å². The van der Waals surface area contributed by atoms with Gasteiger partial charge in [-0.05, 0) is 18.9 Å². The minimum absolute atomic E-state index is 0.296. The third-order valence-electron chi connectivity index (χ3n) is 4.45. The highest BCUT2D eigenvalue weighted by molar-refractivity contribution is 6.24. The number of fused-ring (bicyclic) bond motifs is 2. The zero-order valence-corrected chi connectivity index (χ0v) is 10.9. The van der Waals surface area contributed by atoms with E-state index >= 15 is 0 Å². The molecule has 1 fully saturated rings. The average Bonchev–Trinajstić information content (AvgIpc) is 2.73. The first kappa shape index (κ1) is 11.1. The van der Waals surface area contributed by atoms with Gasteiger partial charge in [-0.2, -0.15) is 0 Å². The monoisotopic (exact) mass is 255 g/mol. The smallest absolute Gasteiger partial charge is 0.166 e. The SMILES string of the molecule is O=C1C[C@@H]2CCCN3CCOc4ccccc4C1=C23. The predicted molar refractivity (Wildman–Crippen MR) is 72.8 cm³/mol. The minimum atomic E-state index is 0.296. The van der Waals surface area contributed by atoms with Crippen molar-refractivity contribution in [2.45, 2.75) is 19.3 Å². The number of allylic oxidation sites excluding steroid dienone is 2. The largest absolute Gasteiger partial charge is 0.491 e. The Morgan fingerprint density at radius 3 is 3.05 bits per heavy atom. The molecule has 0 saturated carbocycles. The zero-order chi connectivity index (χ0) is 12.8. The summed E-state index contributed by atoms with van der Waals surface area (Å²) in [4.78, 5) is 14.8. The van der Waals surface area contributed by atoms with Crippen molar-refractivity contribution >= 4 is 11.4 Å². The Labute approximate surface area is 112 Å². The van der Waals surface area contributed by atoms with Crippen LogP contribution in [0.1, 0.15) is 24.8 Å². The van der Waals surface area contributed by atoms with Crippen molar-refractivity contribution in [3.8, 4) is 5.75 Å². The number of hydrogen-bond acceptors (Lipinski definition) is 3. The second kappa shape index (κ2) is 4.12. The molecule has 0 N–H and O–H groups in total. The van der Waals surface area contributed by atoms with E-state index in [1.54, 1.807) is 0 Å². The highest BCUT2D eigenvalue weighted by atomic mass is 16.5. The number of carbonyl (C=O) groups is 1. The van der Waals surface area contributed by atoms with Crippen molar-refractivity contribution in [2.24, 2.45) is 5.92 Å². The first-order valence-corrected chi connectivity index (χ1v) is 7.09. The summed E-state index contributed by atoms with van der Waals surface area (Å²) < 4.78 is 5.85. The summed E-state index contributed by atoms with van der Waals surface area (Å²) in [6.45, 7) is 2.67. The number of ketones is 1. The molecule has 1 atom stereocenters. The fourth-order valence-corrected chi connectivity index (χ4v) is 3.66. The van der Waals surface area contributed by atoms with Crippen molar-refractivity contribution in [3.05, 3.63) is 35.5 Å². The molecule has 3 nitrogen and oxygen atoms in total. The molecule has 2 heterocycles. The summed E-state index contributed by atoms with van der Waals surface area (Å²) in [5.41, 5.74) is 3.23. The Morgan fingerprint density at radius 1 is 1.21 bits per heavy atom. The van der Waals surface area contributed by atoms with E-state index in [4.69, 9.17) is 4.74 Å². The van der Waals surface area contributed by atoms with Gasteiger partial charge in [-0.25, -0.2) is 0 Å². The summed E-state index contributed by atoms with van der Waals surface area (Å²) in [5, 5.41) is 0. The van der Waals surface area contributed by atoms with Crippen molar-refractivity contribution < 1.29 is 9.53 Å². The molecule has 1 aromatic carbocycles. The molecule has 0 spiro atoms. The Balaban J connectivity index is 1.95. The molecule has 98 valence electrons. The van der Waals surface area contributed by atoms with Gasteiger partial charge in [0.2, 0.25) is 0 Å². The van der Waals surface area contributed by atoms with Gasteiger partial charge in [0, 0.05) is 35.7 Å². The van der Waals surface area contributed by atoms with E-state index in [1.165, 1.54) is 12.1 Å². The summed E-state index contributed by atoms with van der Waals surface area (Å²) in [6.07, 6.45) is 3.04. The van der Waals surface area contributed by atoms with Crippen molar-refractivity contribution in [1.29, 1.82) is 0 Å². The van der Waals surface area contributed by atoms with Crippen molar-refractivity contribution in [2.75, 3.05) is 19.7 Å². The van der Waals surface area contributed by atoms with E-state index in [2.05, 4.69) is 4.90 Å². The second-order valence-corrected chi connectivity index (χ2v) is 5.56. The van der Waals surface area contributed by atoms with Gasteiger partial charge in [-0.3, -0.25) is 4.79 Å². The zero-order valence-electron chi connectivity index (χ0n) is 10.9. The van der Waals surface area contributed by atoms with Gasteiger partial charge in [0.05, 0.1) is 6.54 Å². The van der Waals surface area contributed by atoms with Gasteiger partial charge in [0.25, 0.3) is 0 Å². The van der Waals surface area contributed by atoms with Gasteiger partial charge in [-0.1, -0.05) is 18.2 Å². The van der Waals surface area contributed by atoms with Gasteiger partial charge in [-0.15, -0.1) is 0 Å². The number of para-hydroxylation sites is 1. The highest BCUT2D eigenvalue weighted by Crippen LogP contribution is 2.45. The van der Waals surface area contributed by atoms with Crippen LogP contribution in [0.3, 0.4) is 0 Å². The van der Waals surface area contributed by atoms with E-state index in [0.29, 0.717) is 24.7 Å². The molecular weight excluding hydrogens is 238 g/mol. The molecule has 0 radical (unpaired) electrons. The number of rotatable bonds is 0. The Hall–Kier alpha value is -1.77. The maximum atomic E-state index is 12.4. The summed E-state index contributed by atoms with van der Waals surface area (Å²) in [7, 11) is 0. The van der Waals surface area contributed by atoms with Crippen LogP contribution in [0.4, 0.5) is 0 Å². The normalized spacial score (nSPS) is 25.4. The Kier molecular flexibility index (Phi) is 2.40. The molecule has 0 unspecified atom stereocenters. The number of carbonyl (C=O) groups excluding carboxylic acids is 1. The molecule has 3 heteroatoms. The van der Waals surface area contributed by atoms with E-state index in [1.807, 2.05) is 24.3 Å². The van der Waals surface area contributed by atoms with Crippen LogP contribution in [0, 0.1) is 5.92 Å². The number of ether oxygens (including phenoxy) is 1. The maximum Gasteiger partial charge on any atom is 0.166 e. The average molecular weight is 255 g/mol. The van der Waals surface area contributed by atoms with Crippen LogP contribution >= 0.6 is 0 Å². The molecule has 1 aromatic rings. The molecule has 0 aromatic heterocycles. The molecule has 0 bridgehead atoms. The first-order valence-electron chi connectivity index (χ1n) is 7.09. The van der Waals surface area contributed by atoms with Gasteiger partial charge >= 0.3 is 0 Å². The number of benzene rings is 1. The van der Waals surface area contributed by atoms with Crippen LogP contribution < -0.4 is 4.74 Å². The molecule has 19 heavy (non-hydrogen) atoms. The summed E-state index contributed by atoms with van der Waals surface area (Å²) in [6, 6.07) is 7.96. The van der Waals surface area contributed by atoms with Crippen molar-refractivity contribution in [3.63, 3.8) is 0 Å². The lowest BCUT2D eigenvalue weighted by atomic mass is 9.93. The number of piperidine rings is 1. The lowest BCUT2D eigenvalue weighted by Crippen LogP contribution is -2.36. The molecule has 1 aliphatic carbocycles. The second-order valence-electron chi connectivity index (χ2n) is 5.56. The Bertz CT molecular complexity index is 576. The standard InChI is InChI=1S/C16H17NO2/c18-13-10-11-4-3-7-17-8-9-19-14-6-2-1-5-12(14)15(13)16(11)17/h1-2,5-6,11H,3-4,7-10H2/t11-/m0/s1. The van der Waals surface area contributed by atoms with Crippen LogP contribution in [-0.2, 0) is 4.79 Å². The lowest BCUT2D eigenvalue weighted by molar-refractivity contribution is -0.113. The summed E-state index contributed by atoms with van der Waals surface area (Å²) >= 11 is 0. The fourth-order valence-electron chi connectivity index (χ4n) is 3.66. The van der Waals surface area contributed by atoms with E-state index in [-0.39, 0.29) is 0 Å². The molecule has 3 aliphatic rings. The maximum absolute atomic E-state index is 12.4. The Morgan fingerprint density at radius 2 is 2.11 bits per heavy atom. The molecule has 4 rings (SSSR count). The molecular formula is C16H17NO2. The van der Waals surface area contributed by atoms with Crippen LogP contribution in [-0.4, -0.2) is 30.4 Å². The highest BCUT2D eigenvalue weighted by Gasteiger charge is 2.39. The first-order chi connectivity index (χ1) is 9.34. The van der Waals surface area contributed by atoms with E-state index < -0.39 is 0 Å². The molecule has 1 saturated heterocycles. The van der Waals surface area contributed by atoms with E-state index in [0.717, 1.165) is 36.4 Å². The van der Waals surface area contributed by atoms with Crippen LogP contribution in [0.2, 0.25) is 0 Å². The van der Waals surface area contributed by atoms with Crippen LogP contribution in [0.25, 0.3) is 5.57 Å². The topological polar surface area (TPSA) is 29.5 Å². The molecule has 0 amide bonds. The lowest BCUT2D eigenvalue weighted by Gasteiger charge is -2.36. The van der Waals surface area contributed by atoms with Crippen LogP contribution in [0.5, 0.6) is 5.75 Å². The minimum Gasteiger partial charge on any atom is -0.491 e. The van der Waals surface area contributed by atoms with Gasteiger partial charge < -0.3 is 9.64 Å². The number of nitrogens with zero attached hydrogens (tertiary/aromatic N) is 1. The predicted octanol–water partition coefficient (Wildman–Crippen LogP) is 2.47. The van der Waals surface area contributed by atoms with Gasteiger partial charge in [0.1, 0.15) is 12.4 Å². The molecule has 2 aliphatic heterocycles. The number of Topliss-reactive ketones (excluding diaryl/α,β-unsaturated/α-hetero) is 1. The number of hydrogen-bond donors (Lipinski definition) is 0. The quantitative estimate of drug-likeness (QED) is 0.713. The van der Waals surface area contributed by atoms with E-state index in [9.17, 15) is 4.79 Å². The summed E-state index contributed by atoms with van der Waals surface area (Å²) in [5.74, 6) is 1.61.